The number of anilines is 1. The predicted molar refractivity (Wildman–Crippen MR) is 81.8 cm³/mol. The van der Waals surface area contributed by atoms with Gasteiger partial charge in [-0.05, 0) is 18.2 Å². The van der Waals surface area contributed by atoms with Gasteiger partial charge in [-0.2, -0.15) is 0 Å². The molecular formula is C15H10ClN3O2. The van der Waals surface area contributed by atoms with Crippen molar-refractivity contribution in [1.82, 2.24) is 9.97 Å². The number of hydrogen-bond donors (Lipinski definition) is 2. The van der Waals surface area contributed by atoms with E-state index < -0.39 is 5.91 Å². The highest BCUT2D eigenvalue weighted by Crippen LogP contribution is 2.26. The predicted octanol–water partition coefficient (Wildman–Crippen LogP) is 2.83. The maximum absolute atomic E-state index is 12.2. The number of benzene rings is 1. The van der Waals surface area contributed by atoms with Gasteiger partial charge in [0.2, 0.25) is 0 Å². The van der Waals surface area contributed by atoms with Crippen molar-refractivity contribution >= 4 is 34.1 Å². The molecule has 0 radical (unpaired) electrons. The van der Waals surface area contributed by atoms with Crippen LogP contribution in [0, 0.1) is 0 Å². The fourth-order valence-electron chi connectivity index (χ4n) is 2.03. The normalized spacial score (nSPS) is 10.5. The molecule has 3 rings (SSSR count). The number of H-pyrrole nitrogens is 1. The molecular weight excluding hydrogens is 290 g/mol. The third-order valence-corrected chi connectivity index (χ3v) is 3.20. The standard InChI is InChI=1S/C15H10ClN3O2/c16-10-6-9-2-1-4-18-14(9)12(7-10)19-15(21)11-8-17-5-3-13(11)20/h1-8H,(H,17,20)(H,19,21). The van der Waals surface area contributed by atoms with Crippen molar-refractivity contribution < 1.29 is 4.79 Å². The number of amides is 1. The molecule has 2 aromatic heterocycles. The van der Waals surface area contributed by atoms with E-state index in [9.17, 15) is 9.59 Å². The van der Waals surface area contributed by atoms with E-state index in [2.05, 4.69) is 15.3 Å². The summed E-state index contributed by atoms with van der Waals surface area (Å²) in [6.07, 6.45) is 4.45. The van der Waals surface area contributed by atoms with Gasteiger partial charge >= 0.3 is 0 Å². The van der Waals surface area contributed by atoms with Crippen LogP contribution in [0.25, 0.3) is 10.9 Å². The van der Waals surface area contributed by atoms with Crippen LogP contribution in [0.5, 0.6) is 0 Å². The minimum absolute atomic E-state index is 0.0292. The Morgan fingerprint density at radius 2 is 2.14 bits per heavy atom. The lowest BCUT2D eigenvalue weighted by Gasteiger charge is -2.08. The number of pyridine rings is 2. The van der Waals surface area contributed by atoms with Crippen LogP contribution in [0.3, 0.4) is 0 Å². The van der Waals surface area contributed by atoms with Crippen LogP contribution in [-0.2, 0) is 0 Å². The maximum Gasteiger partial charge on any atom is 0.261 e. The van der Waals surface area contributed by atoms with E-state index >= 15 is 0 Å². The van der Waals surface area contributed by atoms with Crippen molar-refractivity contribution in [3.05, 3.63) is 69.7 Å². The molecule has 0 aliphatic carbocycles. The second kappa shape index (κ2) is 5.38. The Hall–Kier alpha value is -2.66. The van der Waals surface area contributed by atoms with E-state index in [-0.39, 0.29) is 11.0 Å². The topological polar surface area (TPSA) is 74.8 Å². The number of carbonyl (C=O) groups is 1. The van der Waals surface area contributed by atoms with E-state index in [4.69, 9.17) is 11.6 Å². The zero-order valence-corrected chi connectivity index (χ0v) is 11.5. The summed E-state index contributed by atoms with van der Waals surface area (Å²) in [7, 11) is 0. The van der Waals surface area contributed by atoms with Gasteiger partial charge in [0.15, 0.2) is 5.43 Å². The number of carbonyl (C=O) groups excluding carboxylic acids is 1. The molecule has 21 heavy (non-hydrogen) atoms. The first-order valence-electron chi connectivity index (χ1n) is 6.18. The molecule has 1 aromatic carbocycles. The number of aromatic nitrogens is 2. The molecule has 0 fully saturated rings. The fourth-order valence-corrected chi connectivity index (χ4v) is 2.26. The van der Waals surface area contributed by atoms with E-state index in [1.165, 1.54) is 18.5 Å². The lowest BCUT2D eigenvalue weighted by molar-refractivity contribution is 0.102. The highest BCUT2D eigenvalue weighted by Gasteiger charge is 2.12. The number of hydrogen-bond acceptors (Lipinski definition) is 3. The first-order valence-corrected chi connectivity index (χ1v) is 6.56. The second-order valence-corrected chi connectivity index (χ2v) is 4.84. The van der Waals surface area contributed by atoms with Crippen molar-refractivity contribution in [3.8, 4) is 0 Å². The largest absolute Gasteiger partial charge is 0.367 e. The highest BCUT2D eigenvalue weighted by molar-refractivity contribution is 6.32. The van der Waals surface area contributed by atoms with Crippen molar-refractivity contribution in [3.63, 3.8) is 0 Å². The smallest absolute Gasteiger partial charge is 0.261 e. The average Bonchev–Trinajstić information content (AvgIpc) is 2.47. The second-order valence-electron chi connectivity index (χ2n) is 4.40. The molecule has 0 atom stereocenters. The van der Waals surface area contributed by atoms with Crippen LogP contribution in [0.1, 0.15) is 10.4 Å². The summed E-state index contributed by atoms with van der Waals surface area (Å²) in [4.78, 5) is 30.8. The fraction of sp³-hybridized carbons (Fsp3) is 0. The van der Waals surface area contributed by atoms with Gasteiger partial charge in [-0.25, -0.2) is 0 Å². The summed E-state index contributed by atoms with van der Waals surface area (Å²) in [5.41, 5.74) is 0.751. The van der Waals surface area contributed by atoms with Crippen molar-refractivity contribution in [2.24, 2.45) is 0 Å². The Morgan fingerprint density at radius 1 is 1.29 bits per heavy atom. The quantitative estimate of drug-likeness (QED) is 0.764. The summed E-state index contributed by atoms with van der Waals surface area (Å²) in [5, 5.41) is 3.96. The Balaban J connectivity index is 2.04. The molecule has 0 saturated carbocycles. The molecule has 5 nitrogen and oxygen atoms in total. The third kappa shape index (κ3) is 2.64. The first-order chi connectivity index (χ1) is 10.1. The SMILES string of the molecule is O=C(Nc1cc(Cl)cc2cccnc12)c1c[nH]ccc1=O. The average molecular weight is 300 g/mol. The summed E-state index contributed by atoms with van der Waals surface area (Å²) in [6, 6.07) is 8.29. The van der Waals surface area contributed by atoms with Crippen molar-refractivity contribution in [1.29, 1.82) is 0 Å². The van der Waals surface area contributed by atoms with E-state index in [0.717, 1.165) is 5.39 Å². The molecule has 0 spiro atoms. The highest BCUT2D eigenvalue weighted by atomic mass is 35.5. The summed E-state index contributed by atoms with van der Waals surface area (Å²) in [5.74, 6) is -0.508. The molecule has 2 heterocycles. The number of fused-ring (bicyclic) bond motifs is 1. The van der Waals surface area contributed by atoms with Gasteiger partial charge in [0.1, 0.15) is 5.56 Å². The zero-order chi connectivity index (χ0) is 14.8. The molecule has 0 aliphatic heterocycles. The summed E-state index contributed by atoms with van der Waals surface area (Å²) in [6.45, 7) is 0. The lowest BCUT2D eigenvalue weighted by Crippen LogP contribution is -2.21. The van der Waals surface area contributed by atoms with E-state index in [0.29, 0.717) is 16.2 Å². The minimum Gasteiger partial charge on any atom is -0.367 e. The zero-order valence-electron chi connectivity index (χ0n) is 10.8. The van der Waals surface area contributed by atoms with Gasteiger partial charge in [0.05, 0.1) is 11.2 Å². The van der Waals surface area contributed by atoms with Gasteiger partial charge < -0.3 is 10.3 Å². The molecule has 3 aromatic rings. The maximum atomic E-state index is 12.2. The van der Waals surface area contributed by atoms with Gasteiger partial charge in [-0.1, -0.05) is 17.7 Å². The molecule has 0 aliphatic rings. The van der Waals surface area contributed by atoms with Gasteiger partial charge in [-0.3, -0.25) is 14.6 Å². The lowest BCUT2D eigenvalue weighted by atomic mass is 10.2. The number of halogens is 1. The summed E-state index contributed by atoms with van der Waals surface area (Å²) >= 11 is 6.04. The first kappa shape index (κ1) is 13.3. The number of rotatable bonds is 2. The van der Waals surface area contributed by atoms with Crippen LogP contribution in [0.2, 0.25) is 5.02 Å². The Labute approximate surface area is 124 Å². The van der Waals surface area contributed by atoms with Crippen molar-refractivity contribution in [2.45, 2.75) is 0 Å². The third-order valence-electron chi connectivity index (χ3n) is 2.99. The molecule has 104 valence electrons. The van der Waals surface area contributed by atoms with E-state index in [1.54, 1.807) is 24.4 Å². The monoisotopic (exact) mass is 299 g/mol. The van der Waals surface area contributed by atoms with Gasteiger partial charge in [0.25, 0.3) is 5.91 Å². The Morgan fingerprint density at radius 3 is 2.95 bits per heavy atom. The van der Waals surface area contributed by atoms with E-state index in [1.807, 2.05) is 6.07 Å². The minimum atomic E-state index is -0.508. The van der Waals surface area contributed by atoms with Crippen LogP contribution in [-0.4, -0.2) is 15.9 Å². The van der Waals surface area contributed by atoms with Crippen LogP contribution >= 0.6 is 11.6 Å². The molecule has 6 heteroatoms. The number of nitrogens with one attached hydrogen (secondary N) is 2. The summed E-state index contributed by atoms with van der Waals surface area (Å²) < 4.78 is 0. The van der Waals surface area contributed by atoms with Crippen LogP contribution in [0.15, 0.2) is 53.7 Å². The van der Waals surface area contributed by atoms with Gasteiger partial charge in [-0.15, -0.1) is 0 Å². The molecule has 0 bridgehead atoms. The Bertz CT molecular complexity index is 889. The van der Waals surface area contributed by atoms with Crippen LogP contribution in [0.4, 0.5) is 5.69 Å². The Kier molecular flexibility index (Phi) is 3.41. The van der Waals surface area contributed by atoms with Gasteiger partial charge in [0, 0.05) is 35.1 Å². The van der Waals surface area contributed by atoms with Crippen LogP contribution < -0.4 is 10.7 Å². The molecule has 0 saturated heterocycles. The molecule has 1 amide bonds. The van der Waals surface area contributed by atoms with Crippen molar-refractivity contribution in [2.75, 3.05) is 5.32 Å². The number of nitrogens with zero attached hydrogens (tertiary/aromatic N) is 1. The number of aromatic amines is 1. The molecule has 0 unspecified atom stereocenters. The molecule has 2 N–H and O–H groups in total.